The number of benzene rings is 3. The van der Waals surface area contributed by atoms with Crippen molar-refractivity contribution in [2.24, 2.45) is 5.73 Å². The first-order valence-corrected chi connectivity index (χ1v) is 12.7. The van der Waals surface area contributed by atoms with Gasteiger partial charge in [-0.15, -0.1) is 0 Å². The zero-order valence-corrected chi connectivity index (χ0v) is 21.7. The van der Waals surface area contributed by atoms with Crippen molar-refractivity contribution >= 4 is 34.5 Å². The van der Waals surface area contributed by atoms with E-state index in [-0.39, 0.29) is 47.4 Å². The van der Waals surface area contributed by atoms with E-state index in [9.17, 15) is 14.4 Å². The summed E-state index contributed by atoms with van der Waals surface area (Å²) in [5, 5.41) is 14.6. The monoisotopic (exact) mass is 550 g/mol. The molecule has 11 heteroatoms. The maximum atomic E-state index is 12.5. The van der Waals surface area contributed by atoms with Crippen LogP contribution in [0.2, 0.25) is 0 Å². The molecule has 11 nitrogen and oxygen atoms in total. The Bertz CT molecular complexity index is 1670. The lowest BCUT2D eigenvalue weighted by Crippen LogP contribution is -2.26. The summed E-state index contributed by atoms with van der Waals surface area (Å²) < 4.78 is 5.29. The number of hydrogen-bond acceptors (Lipinski definition) is 7. The van der Waals surface area contributed by atoms with Crippen molar-refractivity contribution in [1.29, 1.82) is 0 Å². The van der Waals surface area contributed by atoms with Gasteiger partial charge in [-0.2, -0.15) is 0 Å². The number of amides is 2. The van der Waals surface area contributed by atoms with Crippen LogP contribution in [0.5, 0.6) is 5.75 Å². The number of hydrogen-bond donors (Lipinski definition) is 5. The minimum atomic E-state index is -1.15. The van der Waals surface area contributed by atoms with Gasteiger partial charge in [0.1, 0.15) is 23.2 Å². The molecule has 0 bridgehead atoms. The van der Waals surface area contributed by atoms with Gasteiger partial charge in [0.05, 0.1) is 17.2 Å². The van der Waals surface area contributed by atoms with E-state index >= 15 is 0 Å². The zero-order chi connectivity index (χ0) is 28.8. The number of nitrogens with zero attached hydrogens (tertiary/aromatic N) is 2. The van der Waals surface area contributed by atoms with Gasteiger partial charge in [0.15, 0.2) is 12.3 Å². The first kappa shape index (κ1) is 27.0. The first-order valence-electron chi connectivity index (χ1n) is 12.7. The second kappa shape index (κ2) is 12.1. The molecule has 0 radical (unpaired) electrons. The van der Waals surface area contributed by atoms with Gasteiger partial charge in [-0.3, -0.25) is 9.59 Å². The summed E-state index contributed by atoms with van der Waals surface area (Å²) in [6.45, 7) is 0.154. The fourth-order valence-corrected chi connectivity index (χ4v) is 4.29. The number of aromatic nitrogens is 3. The molecule has 6 rings (SSSR count). The van der Waals surface area contributed by atoms with Crippen LogP contribution in [0, 0.1) is 0 Å². The molecule has 41 heavy (non-hydrogen) atoms. The Morgan fingerprint density at radius 1 is 1.00 bits per heavy atom. The average Bonchev–Trinajstić information content (AvgIpc) is 3.45. The van der Waals surface area contributed by atoms with Gasteiger partial charge in [0.25, 0.3) is 11.8 Å². The minimum Gasteiger partial charge on any atom is -0.482 e. The van der Waals surface area contributed by atoms with E-state index in [1.54, 1.807) is 18.2 Å². The third kappa shape index (κ3) is 6.21. The molecule has 206 valence electrons. The van der Waals surface area contributed by atoms with E-state index in [4.69, 9.17) is 15.6 Å². The summed E-state index contributed by atoms with van der Waals surface area (Å²) in [6, 6.07) is 25.4. The molecule has 1 aliphatic heterocycles. The Balaban J connectivity index is 0.000000202. The molecule has 0 saturated carbocycles. The van der Waals surface area contributed by atoms with Crippen molar-refractivity contribution < 1.29 is 24.2 Å². The molecule has 1 aliphatic rings. The van der Waals surface area contributed by atoms with Crippen molar-refractivity contribution in [3.05, 3.63) is 119 Å². The average molecular weight is 551 g/mol. The quantitative estimate of drug-likeness (QED) is 0.213. The Morgan fingerprint density at radius 2 is 1.68 bits per heavy atom. The lowest BCUT2D eigenvalue weighted by Gasteiger charge is -2.18. The maximum absolute atomic E-state index is 12.5. The molecule has 6 N–H and O–H groups in total. The molecule has 3 heterocycles. The van der Waals surface area contributed by atoms with Crippen LogP contribution in [-0.4, -0.2) is 44.4 Å². The highest BCUT2D eigenvalue weighted by atomic mass is 16.5. The molecule has 2 amide bonds. The molecule has 0 spiro atoms. The maximum Gasteiger partial charge on any atom is 0.339 e. The second-order valence-electron chi connectivity index (χ2n) is 9.10. The number of nitrogens with two attached hydrogens (primary N) is 1. The molecular weight excluding hydrogens is 524 g/mol. The van der Waals surface area contributed by atoms with Crippen molar-refractivity contribution in [2.75, 3.05) is 11.9 Å². The zero-order valence-electron chi connectivity index (χ0n) is 21.7. The first-order chi connectivity index (χ1) is 19.9. The van der Waals surface area contributed by atoms with Crippen LogP contribution in [0.4, 0.5) is 5.69 Å². The summed E-state index contributed by atoms with van der Waals surface area (Å²) in [7, 11) is 0. The lowest BCUT2D eigenvalue weighted by atomic mass is 10.00. The van der Waals surface area contributed by atoms with Gasteiger partial charge in [0, 0.05) is 12.7 Å². The number of ether oxygens (including phenoxy) is 1. The van der Waals surface area contributed by atoms with E-state index in [1.165, 1.54) is 6.20 Å². The second-order valence-corrected chi connectivity index (χ2v) is 9.10. The van der Waals surface area contributed by atoms with Gasteiger partial charge < -0.3 is 31.2 Å². The summed E-state index contributed by atoms with van der Waals surface area (Å²) in [5.74, 6) is -1.31. The van der Waals surface area contributed by atoms with E-state index in [2.05, 4.69) is 49.9 Å². The summed E-state index contributed by atoms with van der Waals surface area (Å²) in [4.78, 5) is 45.7. The number of anilines is 1. The van der Waals surface area contributed by atoms with Gasteiger partial charge in [0.2, 0.25) is 0 Å². The van der Waals surface area contributed by atoms with Crippen LogP contribution in [0.1, 0.15) is 43.6 Å². The summed E-state index contributed by atoms with van der Waals surface area (Å²) in [6.07, 6.45) is 2.41. The smallest absolute Gasteiger partial charge is 0.339 e. The number of nitrogens with one attached hydrogen (secondary N) is 3. The van der Waals surface area contributed by atoms with Crippen LogP contribution in [0.15, 0.2) is 91.4 Å². The molecule has 0 aliphatic carbocycles. The van der Waals surface area contributed by atoms with E-state index in [1.807, 2.05) is 36.4 Å². The summed E-state index contributed by atoms with van der Waals surface area (Å²) in [5.41, 5.74) is 10.1. The highest BCUT2D eigenvalue weighted by molar-refractivity contribution is 6.08. The number of H-pyrrole nitrogens is 1. The fraction of sp³-hybridized carbons (Fsp3) is 0.100. The predicted octanol–water partition coefficient (Wildman–Crippen LogP) is 3.65. The molecule has 0 fully saturated rings. The fourth-order valence-electron chi connectivity index (χ4n) is 4.29. The van der Waals surface area contributed by atoms with Crippen LogP contribution in [-0.2, 0) is 11.3 Å². The number of carboxylic acid groups (broad SMARTS) is 1. The highest BCUT2D eigenvalue weighted by Gasteiger charge is 2.20. The number of rotatable bonds is 6. The molecule has 0 saturated heterocycles. The van der Waals surface area contributed by atoms with Crippen LogP contribution < -0.4 is 21.1 Å². The molecule has 0 atom stereocenters. The van der Waals surface area contributed by atoms with E-state index in [0.717, 1.165) is 23.0 Å². The van der Waals surface area contributed by atoms with Gasteiger partial charge >= 0.3 is 5.97 Å². The number of aromatic carboxylic acids is 1. The van der Waals surface area contributed by atoms with E-state index < -0.39 is 11.9 Å². The topological polar surface area (TPSA) is 172 Å². The number of carbonyl (C=O) groups excluding carboxylic acids is 2. The van der Waals surface area contributed by atoms with Crippen LogP contribution in [0.3, 0.4) is 0 Å². The Kier molecular flexibility index (Phi) is 7.98. The number of carboxylic acids is 1. The Morgan fingerprint density at radius 3 is 2.34 bits per heavy atom. The standard InChI is InChI=1S/C17H13N5O5.C13H13N/c23-12-6-27-11-2-1-8(3-10(11)22-12)4-19-16(24)15-14-13(20-7-21-15)9(5-18-14)17(25)26;14-13(11-7-3-1-4-8-11)12-9-5-2-6-10-12/h1-3,5,7,18H,4,6H2,(H,19,24)(H,22,23)(H,25,26);1-10,13H,14H2. The van der Waals surface area contributed by atoms with Crippen molar-refractivity contribution in [3.63, 3.8) is 0 Å². The van der Waals surface area contributed by atoms with Crippen molar-refractivity contribution in [2.45, 2.75) is 12.6 Å². The molecule has 2 aromatic heterocycles. The number of aromatic amines is 1. The van der Waals surface area contributed by atoms with Gasteiger partial charge in [-0.1, -0.05) is 66.7 Å². The van der Waals surface area contributed by atoms with Crippen LogP contribution in [0.25, 0.3) is 11.0 Å². The normalized spacial score (nSPS) is 12.0. The summed E-state index contributed by atoms with van der Waals surface area (Å²) >= 11 is 0. The Labute approximate surface area is 234 Å². The van der Waals surface area contributed by atoms with Crippen molar-refractivity contribution in [3.8, 4) is 5.75 Å². The Hall–Kier alpha value is -5.55. The predicted molar refractivity (Wildman–Crippen MR) is 151 cm³/mol. The van der Waals surface area contributed by atoms with Crippen LogP contribution >= 0.6 is 0 Å². The highest BCUT2D eigenvalue weighted by Crippen LogP contribution is 2.28. The largest absolute Gasteiger partial charge is 0.482 e. The molecule has 5 aromatic rings. The van der Waals surface area contributed by atoms with E-state index in [0.29, 0.717) is 11.4 Å². The third-order valence-electron chi connectivity index (χ3n) is 6.36. The number of carbonyl (C=O) groups is 3. The minimum absolute atomic E-state index is 0.0163. The molecule has 0 unspecified atom stereocenters. The van der Waals surface area contributed by atoms with Gasteiger partial charge in [-0.05, 0) is 28.8 Å². The number of fused-ring (bicyclic) bond motifs is 2. The lowest BCUT2D eigenvalue weighted by molar-refractivity contribution is -0.118. The molecular formula is C30H26N6O5. The molecule has 3 aromatic carbocycles. The SMILES string of the molecule is NC(c1ccccc1)c1ccccc1.O=C1COc2ccc(CNC(=O)c3ncnc4c(C(=O)O)c[nH]c34)cc2N1. The third-order valence-corrected chi connectivity index (χ3v) is 6.36. The van der Waals surface area contributed by atoms with Gasteiger partial charge in [-0.25, -0.2) is 14.8 Å². The van der Waals surface area contributed by atoms with Crippen molar-refractivity contribution in [1.82, 2.24) is 20.3 Å².